The van der Waals surface area contributed by atoms with Gasteiger partial charge in [0.2, 0.25) is 0 Å². The molecule has 0 aliphatic carbocycles. The number of rotatable bonds is 22. The van der Waals surface area contributed by atoms with Crippen molar-refractivity contribution in [1.29, 1.82) is 0 Å². The molecule has 0 radical (unpaired) electrons. The summed E-state index contributed by atoms with van der Waals surface area (Å²) >= 11 is 7.64. The quantitative estimate of drug-likeness (QED) is 0.0452. The van der Waals surface area contributed by atoms with Crippen LogP contribution in [-0.4, -0.2) is 31.3 Å². The van der Waals surface area contributed by atoms with Crippen molar-refractivity contribution in [3.05, 3.63) is 50.0 Å². The largest absolute Gasteiger partial charge is 0.274 e. The highest BCUT2D eigenvalue weighted by molar-refractivity contribution is 7.39. The van der Waals surface area contributed by atoms with Crippen LogP contribution < -0.4 is 14.9 Å². The van der Waals surface area contributed by atoms with E-state index in [-0.39, 0.29) is 11.8 Å². The van der Waals surface area contributed by atoms with E-state index in [1.54, 1.807) is 31.1 Å². The molecule has 0 saturated heterocycles. The molecule has 2 aliphatic heterocycles. The van der Waals surface area contributed by atoms with E-state index in [1.165, 1.54) is 127 Å². The molecule has 2 amide bonds. The molecular weight excluding hydrogens is 731 g/mol. The van der Waals surface area contributed by atoms with E-state index >= 15 is 0 Å². The standard InChI is InChI=1S/C44H61NO2S4Si/c1-7-11-14-15-16-17-18-19-20-21-26-45-43(46)38-31(6)49-40(39(38)44(45)47)34-28-36-42(51-34)41-35(27-30(5)48-41)52(36,29-32(10-4)22-12-8-2)37-25-24-33(50-37)23-13-9-3/h24-25,27-28,32H,7-23,26,29H2,1-6H3. The van der Waals surface area contributed by atoms with Crippen LogP contribution in [0.15, 0.2) is 24.3 Å². The van der Waals surface area contributed by atoms with Gasteiger partial charge >= 0.3 is 0 Å². The van der Waals surface area contributed by atoms with Crippen LogP contribution in [0.2, 0.25) is 6.04 Å². The molecule has 0 spiro atoms. The first kappa shape index (κ1) is 39.8. The molecule has 0 aromatic carbocycles. The van der Waals surface area contributed by atoms with Crippen LogP contribution in [0, 0.1) is 19.8 Å². The highest BCUT2D eigenvalue weighted by Crippen LogP contribution is 2.49. The highest BCUT2D eigenvalue weighted by atomic mass is 32.1. The minimum atomic E-state index is -2.31. The van der Waals surface area contributed by atoms with Gasteiger partial charge < -0.3 is 0 Å². The number of nitrogens with zero attached hydrogens (tertiary/aromatic N) is 1. The fraction of sp³-hybridized carbons (Fsp3) is 0.591. The van der Waals surface area contributed by atoms with E-state index in [9.17, 15) is 9.59 Å². The summed E-state index contributed by atoms with van der Waals surface area (Å²) in [5, 5.41) is 3.22. The van der Waals surface area contributed by atoms with Gasteiger partial charge in [0.1, 0.15) is 0 Å². The maximum atomic E-state index is 14.1. The molecule has 4 aromatic heterocycles. The Morgan fingerprint density at radius 2 is 1.29 bits per heavy atom. The fourth-order valence-electron chi connectivity index (χ4n) is 8.69. The summed E-state index contributed by atoms with van der Waals surface area (Å²) in [5.74, 6) is 0.561. The first-order chi connectivity index (χ1) is 25.3. The fourth-order valence-corrected chi connectivity index (χ4v) is 21.7. The second-order valence-electron chi connectivity index (χ2n) is 15.5. The van der Waals surface area contributed by atoms with Gasteiger partial charge in [-0.3, -0.25) is 14.5 Å². The summed E-state index contributed by atoms with van der Waals surface area (Å²) in [5.41, 5.74) is 1.35. The number of aryl methyl sites for hydroxylation is 3. The van der Waals surface area contributed by atoms with Crippen molar-refractivity contribution in [1.82, 2.24) is 4.90 Å². The van der Waals surface area contributed by atoms with Gasteiger partial charge in [0.25, 0.3) is 11.8 Å². The molecule has 0 bridgehead atoms. The normalized spacial score (nSPS) is 17.0. The predicted molar refractivity (Wildman–Crippen MR) is 233 cm³/mol. The third-order valence-electron chi connectivity index (χ3n) is 11.7. The van der Waals surface area contributed by atoms with Crippen LogP contribution in [0.3, 0.4) is 0 Å². The Balaban J connectivity index is 1.29. The Hall–Kier alpha value is -1.84. The molecule has 52 heavy (non-hydrogen) atoms. The molecule has 4 aromatic rings. The minimum Gasteiger partial charge on any atom is -0.274 e. The number of imide groups is 1. The SMILES string of the molecule is CCCCCCCCCCCCN1C(=O)c2c(C)sc(-c3cc4c(s3)-c3sc(C)cc3[Si]4(CC(CC)CCCC)c3ccc(CCCC)s3)c2C1=O. The molecule has 0 N–H and O–H groups in total. The van der Waals surface area contributed by atoms with Crippen LogP contribution in [-0.2, 0) is 6.42 Å². The second kappa shape index (κ2) is 18.2. The molecule has 0 saturated carbocycles. The summed E-state index contributed by atoms with van der Waals surface area (Å²) in [4.78, 5) is 38.6. The summed E-state index contributed by atoms with van der Waals surface area (Å²) in [7, 11) is -2.31. The summed E-state index contributed by atoms with van der Waals surface area (Å²) in [6, 6.07) is 11.3. The van der Waals surface area contributed by atoms with E-state index < -0.39 is 8.07 Å². The number of amides is 2. The number of hydrogen-bond donors (Lipinski definition) is 0. The average Bonchev–Trinajstić information content (AvgIpc) is 3.98. The lowest BCUT2D eigenvalue weighted by atomic mass is 10.0. The molecule has 2 atom stereocenters. The van der Waals surface area contributed by atoms with Gasteiger partial charge in [0.15, 0.2) is 8.07 Å². The topological polar surface area (TPSA) is 37.4 Å². The lowest BCUT2D eigenvalue weighted by molar-refractivity contribution is 0.0651. The molecule has 2 aliphatic rings. The lowest BCUT2D eigenvalue weighted by Crippen LogP contribution is -2.64. The van der Waals surface area contributed by atoms with E-state index in [4.69, 9.17) is 0 Å². The van der Waals surface area contributed by atoms with Crippen LogP contribution in [0.25, 0.3) is 19.5 Å². The number of unbranched alkanes of at least 4 members (excludes halogenated alkanes) is 11. The molecule has 282 valence electrons. The number of hydrogen-bond acceptors (Lipinski definition) is 6. The van der Waals surface area contributed by atoms with Crippen LogP contribution >= 0.6 is 45.3 Å². The van der Waals surface area contributed by atoms with Crippen molar-refractivity contribution in [2.45, 2.75) is 157 Å². The summed E-state index contributed by atoms with van der Waals surface area (Å²) in [6.45, 7) is 14.2. The van der Waals surface area contributed by atoms with Gasteiger partial charge in [0.05, 0.1) is 16.0 Å². The Morgan fingerprint density at radius 3 is 1.98 bits per heavy atom. The van der Waals surface area contributed by atoms with Crippen molar-refractivity contribution in [3.63, 3.8) is 0 Å². The van der Waals surface area contributed by atoms with Crippen LogP contribution in [0.4, 0.5) is 0 Å². The van der Waals surface area contributed by atoms with Gasteiger partial charge in [-0.1, -0.05) is 124 Å². The zero-order valence-electron chi connectivity index (χ0n) is 32.7. The molecule has 2 unspecified atom stereocenters. The van der Waals surface area contributed by atoms with Crippen molar-refractivity contribution < 1.29 is 9.59 Å². The Bertz CT molecular complexity index is 1830. The molecular formula is C44H61NO2S4Si. The zero-order valence-corrected chi connectivity index (χ0v) is 37.0. The number of thiophene rings is 4. The lowest BCUT2D eigenvalue weighted by Gasteiger charge is -2.32. The van der Waals surface area contributed by atoms with E-state index in [0.717, 1.165) is 22.6 Å². The Labute approximate surface area is 331 Å². The van der Waals surface area contributed by atoms with Crippen molar-refractivity contribution >= 4 is 80.1 Å². The van der Waals surface area contributed by atoms with Crippen molar-refractivity contribution in [2.24, 2.45) is 5.92 Å². The summed E-state index contributed by atoms with van der Waals surface area (Å²) < 4.78 is 1.62. The Kier molecular flexibility index (Phi) is 13.9. The molecule has 6 heterocycles. The molecule has 8 heteroatoms. The van der Waals surface area contributed by atoms with E-state index in [0.29, 0.717) is 23.6 Å². The highest BCUT2D eigenvalue weighted by Gasteiger charge is 2.52. The van der Waals surface area contributed by atoms with Gasteiger partial charge in [-0.25, -0.2) is 0 Å². The van der Waals surface area contributed by atoms with E-state index in [1.807, 2.05) is 29.6 Å². The van der Waals surface area contributed by atoms with Gasteiger partial charge in [-0.2, -0.15) is 0 Å². The average molecular weight is 792 g/mol. The molecule has 3 nitrogen and oxygen atoms in total. The predicted octanol–water partition coefficient (Wildman–Crippen LogP) is 12.7. The Morgan fingerprint density at radius 1 is 0.654 bits per heavy atom. The smallest absolute Gasteiger partial charge is 0.263 e. The van der Waals surface area contributed by atoms with E-state index in [2.05, 4.69) is 70.2 Å². The van der Waals surface area contributed by atoms with Crippen LogP contribution in [0.5, 0.6) is 0 Å². The van der Waals surface area contributed by atoms with Gasteiger partial charge in [0, 0.05) is 40.3 Å². The van der Waals surface area contributed by atoms with Gasteiger partial charge in [-0.15, -0.1) is 45.3 Å². The monoisotopic (exact) mass is 791 g/mol. The summed E-state index contributed by atoms with van der Waals surface area (Å²) in [6.07, 6.45) is 21.1. The number of carbonyl (C=O) groups excluding carboxylic acids is 2. The van der Waals surface area contributed by atoms with Gasteiger partial charge in [-0.05, 0) is 73.6 Å². The maximum absolute atomic E-state index is 14.1. The molecule has 6 rings (SSSR count). The molecule has 0 fully saturated rings. The third kappa shape index (κ3) is 7.94. The maximum Gasteiger partial charge on any atom is 0.263 e. The van der Waals surface area contributed by atoms with Crippen molar-refractivity contribution in [3.8, 4) is 19.5 Å². The first-order valence-electron chi connectivity index (χ1n) is 20.6. The second-order valence-corrected chi connectivity index (χ2v) is 24.4. The third-order valence-corrected chi connectivity index (χ3v) is 22.8. The number of carbonyl (C=O) groups is 2. The zero-order chi connectivity index (χ0) is 36.8. The van der Waals surface area contributed by atoms with Crippen LogP contribution in [0.1, 0.15) is 166 Å². The number of fused-ring (bicyclic) bond motifs is 4. The first-order valence-corrected chi connectivity index (χ1v) is 26.1. The minimum absolute atomic E-state index is 0.0653. The van der Waals surface area contributed by atoms with Crippen molar-refractivity contribution in [2.75, 3.05) is 6.54 Å².